The van der Waals surface area contributed by atoms with E-state index in [9.17, 15) is 0 Å². The van der Waals surface area contributed by atoms with E-state index in [0.717, 1.165) is 18.7 Å². The molecule has 72 valence electrons. The van der Waals surface area contributed by atoms with Gasteiger partial charge in [-0.25, -0.2) is 0 Å². The van der Waals surface area contributed by atoms with Crippen molar-refractivity contribution in [3.8, 4) is 0 Å². The van der Waals surface area contributed by atoms with Gasteiger partial charge < -0.3 is 10.0 Å². The van der Waals surface area contributed by atoms with Crippen molar-refractivity contribution in [1.29, 1.82) is 0 Å². The zero-order chi connectivity index (χ0) is 9.56. The highest BCUT2D eigenvalue weighted by atomic mass is 16.3. The molecule has 1 fully saturated rings. The predicted octanol–water partition coefficient (Wildman–Crippen LogP) is 2.00. The summed E-state index contributed by atoms with van der Waals surface area (Å²) in [6.07, 6.45) is 2.31. The third-order valence-corrected chi connectivity index (χ3v) is 2.08. The van der Waals surface area contributed by atoms with Crippen molar-refractivity contribution in [2.24, 2.45) is 0 Å². The van der Waals surface area contributed by atoms with Crippen LogP contribution in [-0.2, 0) is 0 Å². The van der Waals surface area contributed by atoms with Crippen LogP contribution in [0.4, 0.5) is 0 Å². The summed E-state index contributed by atoms with van der Waals surface area (Å²) in [7, 11) is 0. The second-order valence-corrected chi connectivity index (χ2v) is 2.91. The molecule has 1 heterocycles. The molecule has 0 radical (unpaired) electrons. The largest absolute Gasteiger partial charge is 0.394 e. The zero-order valence-electron chi connectivity index (χ0n) is 8.51. The van der Waals surface area contributed by atoms with Crippen molar-refractivity contribution < 1.29 is 5.11 Å². The minimum absolute atomic E-state index is 0.271. The van der Waals surface area contributed by atoms with E-state index in [1.165, 1.54) is 6.42 Å². The van der Waals surface area contributed by atoms with Gasteiger partial charge in [-0.2, -0.15) is 0 Å². The lowest BCUT2D eigenvalue weighted by molar-refractivity contribution is 0.187. The summed E-state index contributed by atoms with van der Waals surface area (Å²) in [4.78, 5) is 2.18. The van der Waals surface area contributed by atoms with Gasteiger partial charge in [0, 0.05) is 12.2 Å². The zero-order valence-corrected chi connectivity index (χ0v) is 8.51. The smallest absolute Gasteiger partial charge is 0.0634 e. The minimum atomic E-state index is 0.271. The van der Waals surface area contributed by atoms with Crippen LogP contribution in [0.15, 0.2) is 12.3 Å². The van der Waals surface area contributed by atoms with E-state index in [2.05, 4.69) is 11.5 Å². The number of rotatable bonds is 2. The van der Waals surface area contributed by atoms with E-state index in [4.69, 9.17) is 5.11 Å². The van der Waals surface area contributed by atoms with Crippen LogP contribution in [0.25, 0.3) is 0 Å². The maximum Gasteiger partial charge on any atom is 0.0634 e. The fourth-order valence-electron chi connectivity index (χ4n) is 1.53. The Morgan fingerprint density at radius 1 is 1.58 bits per heavy atom. The highest BCUT2D eigenvalue weighted by Crippen LogP contribution is 2.19. The quantitative estimate of drug-likeness (QED) is 0.687. The molecule has 2 heteroatoms. The second-order valence-electron chi connectivity index (χ2n) is 2.91. The van der Waals surface area contributed by atoms with Crippen LogP contribution >= 0.6 is 0 Å². The molecule has 0 aliphatic carbocycles. The Kier molecular flexibility index (Phi) is 5.81. The Balaban J connectivity index is 0.000000561. The summed E-state index contributed by atoms with van der Waals surface area (Å²) in [5, 5.41) is 8.90. The number of allylic oxidation sites excluding steroid dienone is 1. The Morgan fingerprint density at radius 2 is 2.17 bits per heavy atom. The van der Waals surface area contributed by atoms with Crippen LogP contribution in [-0.4, -0.2) is 29.2 Å². The molecule has 1 rings (SSSR count). The third kappa shape index (κ3) is 2.86. The van der Waals surface area contributed by atoms with Crippen LogP contribution in [0, 0.1) is 0 Å². The monoisotopic (exact) mass is 171 g/mol. The molecule has 1 aliphatic heterocycles. The molecule has 0 aromatic heterocycles. The molecular formula is C10H21NO. The van der Waals surface area contributed by atoms with E-state index in [0.29, 0.717) is 6.04 Å². The molecule has 0 aromatic rings. The fourth-order valence-corrected chi connectivity index (χ4v) is 1.53. The van der Waals surface area contributed by atoms with E-state index >= 15 is 0 Å². The maximum atomic E-state index is 8.90. The van der Waals surface area contributed by atoms with E-state index in [-0.39, 0.29) is 6.61 Å². The normalized spacial score (nSPS) is 21.7. The van der Waals surface area contributed by atoms with Crippen LogP contribution in [0.5, 0.6) is 0 Å². The lowest BCUT2D eigenvalue weighted by atomic mass is 10.2. The molecule has 0 saturated carbocycles. The van der Waals surface area contributed by atoms with E-state index in [1.54, 1.807) is 0 Å². The van der Waals surface area contributed by atoms with Gasteiger partial charge in [0.1, 0.15) is 0 Å². The summed E-state index contributed by atoms with van der Waals surface area (Å²) in [5.41, 5.74) is 1.08. The topological polar surface area (TPSA) is 23.5 Å². The van der Waals surface area contributed by atoms with Crippen LogP contribution in [0.2, 0.25) is 0 Å². The molecule has 0 aromatic carbocycles. The molecule has 1 aliphatic rings. The summed E-state index contributed by atoms with van der Waals surface area (Å²) in [6, 6.07) is 0.345. The lowest BCUT2D eigenvalue weighted by Crippen LogP contribution is -2.29. The SMILES string of the molecule is C=C(C)N1CCCC1CO.CC. The first kappa shape index (κ1) is 11.5. The van der Waals surface area contributed by atoms with Gasteiger partial charge in [-0.05, 0) is 19.8 Å². The number of likely N-dealkylation sites (tertiary alicyclic amines) is 1. The number of aliphatic hydroxyl groups excluding tert-OH is 1. The molecule has 2 nitrogen and oxygen atoms in total. The number of hydrogen-bond donors (Lipinski definition) is 1. The van der Waals surface area contributed by atoms with Crippen LogP contribution < -0.4 is 0 Å². The van der Waals surface area contributed by atoms with Crippen molar-refractivity contribution >= 4 is 0 Å². The maximum absolute atomic E-state index is 8.90. The molecule has 0 amide bonds. The van der Waals surface area contributed by atoms with Gasteiger partial charge in [0.2, 0.25) is 0 Å². The van der Waals surface area contributed by atoms with Gasteiger partial charge in [0.05, 0.1) is 12.6 Å². The number of hydrogen-bond acceptors (Lipinski definition) is 2. The number of aliphatic hydroxyl groups is 1. The molecule has 1 N–H and O–H groups in total. The highest BCUT2D eigenvalue weighted by Gasteiger charge is 2.22. The van der Waals surface area contributed by atoms with E-state index < -0.39 is 0 Å². The fraction of sp³-hybridized carbons (Fsp3) is 0.800. The highest BCUT2D eigenvalue weighted by molar-refractivity contribution is 4.95. The van der Waals surface area contributed by atoms with Crippen LogP contribution in [0.1, 0.15) is 33.6 Å². The summed E-state index contributed by atoms with van der Waals surface area (Å²) in [6.45, 7) is 11.2. The van der Waals surface area contributed by atoms with Crippen LogP contribution in [0.3, 0.4) is 0 Å². The molecule has 0 spiro atoms. The van der Waals surface area contributed by atoms with Crippen molar-refractivity contribution in [2.75, 3.05) is 13.2 Å². The summed E-state index contributed by atoms with van der Waals surface area (Å²) >= 11 is 0. The van der Waals surface area contributed by atoms with Crippen molar-refractivity contribution in [3.05, 3.63) is 12.3 Å². The molecule has 0 bridgehead atoms. The van der Waals surface area contributed by atoms with Crippen molar-refractivity contribution in [1.82, 2.24) is 4.90 Å². The van der Waals surface area contributed by atoms with Gasteiger partial charge in [-0.15, -0.1) is 0 Å². The summed E-state index contributed by atoms with van der Waals surface area (Å²) in [5.74, 6) is 0. The van der Waals surface area contributed by atoms with Crippen molar-refractivity contribution in [3.63, 3.8) is 0 Å². The Hall–Kier alpha value is -0.500. The minimum Gasteiger partial charge on any atom is -0.394 e. The third-order valence-electron chi connectivity index (χ3n) is 2.08. The number of nitrogens with zero attached hydrogens (tertiary/aromatic N) is 1. The molecule has 1 atom stereocenters. The van der Waals surface area contributed by atoms with Gasteiger partial charge >= 0.3 is 0 Å². The predicted molar refractivity (Wildman–Crippen MR) is 53.0 cm³/mol. The first-order valence-corrected chi connectivity index (χ1v) is 4.78. The van der Waals surface area contributed by atoms with Gasteiger partial charge in [-0.3, -0.25) is 0 Å². The van der Waals surface area contributed by atoms with Crippen molar-refractivity contribution in [2.45, 2.75) is 39.7 Å². The van der Waals surface area contributed by atoms with Gasteiger partial charge in [0.25, 0.3) is 0 Å². The first-order chi connectivity index (χ1) is 5.75. The molecule has 12 heavy (non-hydrogen) atoms. The lowest BCUT2D eigenvalue weighted by Gasteiger charge is -2.24. The average Bonchev–Trinajstić information content (AvgIpc) is 2.55. The Labute approximate surface area is 75.9 Å². The molecular weight excluding hydrogens is 150 g/mol. The first-order valence-electron chi connectivity index (χ1n) is 4.78. The second kappa shape index (κ2) is 6.06. The average molecular weight is 171 g/mol. The molecule has 1 saturated heterocycles. The Morgan fingerprint density at radius 3 is 2.50 bits per heavy atom. The van der Waals surface area contributed by atoms with Gasteiger partial charge in [0.15, 0.2) is 0 Å². The Bertz CT molecular complexity index is 134. The summed E-state index contributed by atoms with van der Waals surface area (Å²) < 4.78 is 0. The van der Waals surface area contributed by atoms with Gasteiger partial charge in [-0.1, -0.05) is 20.4 Å². The molecule has 1 unspecified atom stereocenters. The standard InChI is InChI=1S/C8H15NO.C2H6/c1-7(2)9-5-3-4-8(9)6-10;1-2/h8,10H,1,3-6H2,2H3;1-2H3. The van der Waals surface area contributed by atoms with E-state index in [1.807, 2.05) is 20.8 Å².